The van der Waals surface area contributed by atoms with Crippen LogP contribution in [0.4, 0.5) is 0 Å². The molecule has 0 atom stereocenters. The third-order valence-electron chi connectivity index (χ3n) is 4.03. The smallest absolute Gasteiger partial charge is 0.120 e. The molecule has 0 amide bonds. The summed E-state index contributed by atoms with van der Waals surface area (Å²) < 4.78 is 11.7. The van der Waals surface area contributed by atoms with Crippen molar-refractivity contribution in [1.82, 2.24) is 0 Å². The van der Waals surface area contributed by atoms with Gasteiger partial charge in [0.05, 0.1) is 6.10 Å². The first-order chi connectivity index (χ1) is 13.2. The molecule has 3 aromatic carbocycles. The Balaban J connectivity index is 1.86. The first kappa shape index (κ1) is 20.3. The van der Waals surface area contributed by atoms with Gasteiger partial charge in [0.25, 0.3) is 0 Å². The Morgan fingerprint density at radius 2 is 1.61 bits per heavy atom. The van der Waals surface area contributed by atoms with Crippen LogP contribution in [0.1, 0.15) is 45.7 Å². The summed E-state index contributed by atoms with van der Waals surface area (Å²) in [6, 6.07) is 20.3. The molecule has 0 heterocycles. The molecule has 0 fully saturated rings. The van der Waals surface area contributed by atoms with Gasteiger partial charge in [0.1, 0.15) is 17.1 Å². The summed E-state index contributed by atoms with van der Waals surface area (Å²) in [4.78, 5) is 0. The van der Waals surface area contributed by atoms with Crippen molar-refractivity contribution in [3.8, 4) is 11.5 Å². The maximum Gasteiger partial charge on any atom is 0.120 e. The fraction of sp³-hybridized carbons (Fsp3) is 0.280. The highest BCUT2D eigenvalue weighted by Crippen LogP contribution is 2.29. The SMILES string of the molecule is CC(C)Oc1cccc(/C(Cl)=C/c2ccc3cc(OC(C)(C)C)ccc3c2)c1. The fourth-order valence-corrected chi connectivity index (χ4v) is 3.21. The van der Waals surface area contributed by atoms with Gasteiger partial charge in [0.2, 0.25) is 0 Å². The number of fused-ring (bicyclic) bond motifs is 1. The van der Waals surface area contributed by atoms with E-state index in [9.17, 15) is 0 Å². The molecule has 0 N–H and O–H groups in total. The fourth-order valence-electron chi connectivity index (χ4n) is 2.97. The molecule has 3 aromatic rings. The van der Waals surface area contributed by atoms with Crippen LogP contribution in [0.2, 0.25) is 0 Å². The molecule has 0 aliphatic carbocycles. The number of ether oxygens (including phenoxy) is 2. The lowest BCUT2D eigenvalue weighted by Crippen LogP contribution is -2.22. The van der Waals surface area contributed by atoms with Gasteiger partial charge < -0.3 is 9.47 Å². The third kappa shape index (κ3) is 5.53. The highest BCUT2D eigenvalue weighted by molar-refractivity contribution is 6.51. The van der Waals surface area contributed by atoms with Gasteiger partial charge in [-0.2, -0.15) is 0 Å². The second-order valence-corrected chi connectivity index (χ2v) is 8.58. The van der Waals surface area contributed by atoms with Gasteiger partial charge in [-0.3, -0.25) is 0 Å². The van der Waals surface area contributed by atoms with Crippen LogP contribution >= 0.6 is 11.6 Å². The number of hydrogen-bond donors (Lipinski definition) is 0. The summed E-state index contributed by atoms with van der Waals surface area (Å²) >= 11 is 6.58. The van der Waals surface area contributed by atoms with Gasteiger partial charge in [0, 0.05) is 5.03 Å². The molecule has 28 heavy (non-hydrogen) atoms. The van der Waals surface area contributed by atoms with Gasteiger partial charge >= 0.3 is 0 Å². The third-order valence-corrected chi connectivity index (χ3v) is 4.36. The molecule has 3 heteroatoms. The van der Waals surface area contributed by atoms with Crippen molar-refractivity contribution in [2.75, 3.05) is 0 Å². The van der Waals surface area contributed by atoms with E-state index in [0.29, 0.717) is 5.03 Å². The molecule has 2 nitrogen and oxygen atoms in total. The van der Waals surface area contributed by atoms with E-state index >= 15 is 0 Å². The second-order valence-electron chi connectivity index (χ2n) is 8.17. The van der Waals surface area contributed by atoms with E-state index in [1.165, 1.54) is 0 Å². The molecule has 0 bridgehead atoms. The van der Waals surface area contributed by atoms with Crippen molar-refractivity contribution in [1.29, 1.82) is 0 Å². The van der Waals surface area contributed by atoms with Gasteiger partial charge in [-0.15, -0.1) is 0 Å². The zero-order valence-corrected chi connectivity index (χ0v) is 17.9. The Labute approximate surface area is 172 Å². The van der Waals surface area contributed by atoms with Crippen molar-refractivity contribution in [3.05, 3.63) is 71.8 Å². The van der Waals surface area contributed by atoms with Crippen LogP contribution in [0.25, 0.3) is 21.9 Å². The van der Waals surface area contributed by atoms with E-state index in [2.05, 4.69) is 30.3 Å². The average molecular weight is 395 g/mol. The molecule has 0 aliphatic rings. The summed E-state index contributed by atoms with van der Waals surface area (Å²) in [5, 5.41) is 2.97. The lowest BCUT2D eigenvalue weighted by molar-refractivity contribution is 0.131. The molecule has 0 spiro atoms. The van der Waals surface area contributed by atoms with Crippen LogP contribution in [0.3, 0.4) is 0 Å². The van der Waals surface area contributed by atoms with E-state index in [4.69, 9.17) is 21.1 Å². The Morgan fingerprint density at radius 1 is 0.893 bits per heavy atom. The summed E-state index contributed by atoms with van der Waals surface area (Å²) in [7, 11) is 0. The first-order valence-corrected chi connectivity index (χ1v) is 9.94. The monoisotopic (exact) mass is 394 g/mol. The van der Waals surface area contributed by atoms with E-state index in [0.717, 1.165) is 33.4 Å². The predicted octanol–water partition coefficient (Wildman–Crippen LogP) is 7.54. The van der Waals surface area contributed by atoms with Crippen molar-refractivity contribution < 1.29 is 9.47 Å². The van der Waals surface area contributed by atoms with Gasteiger partial charge in [-0.25, -0.2) is 0 Å². The van der Waals surface area contributed by atoms with Crippen LogP contribution in [-0.2, 0) is 0 Å². The maximum atomic E-state index is 6.58. The Kier molecular flexibility index (Phi) is 6.00. The van der Waals surface area contributed by atoms with Crippen LogP contribution in [0.5, 0.6) is 11.5 Å². The zero-order valence-electron chi connectivity index (χ0n) is 17.1. The quantitative estimate of drug-likeness (QED) is 0.416. The number of hydrogen-bond acceptors (Lipinski definition) is 2. The van der Waals surface area contributed by atoms with Crippen LogP contribution in [0, 0.1) is 0 Å². The van der Waals surface area contributed by atoms with Crippen molar-refractivity contribution in [2.24, 2.45) is 0 Å². The largest absolute Gasteiger partial charge is 0.491 e. The minimum Gasteiger partial charge on any atom is -0.491 e. The molecule has 0 aromatic heterocycles. The van der Waals surface area contributed by atoms with E-state index in [-0.39, 0.29) is 11.7 Å². The minimum absolute atomic E-state index is 0.130. The lowest BCUT2D eigenvalue weighted by atomic mass is 10.0. The topological polar surface area (TPSA) is 18.5 Å². The van der Waals surface area contributed by atoms with Crippen molar-refractivity contribution in [3.63, 3.8) is 0 Å². The number of halogens is 1. The van der Waals surface area contributed by atoms with E-state index in [1.54, 1.807) is 0 Å². The van der Waals surface area contributed by atoms with Crippen LogP contribution in [0.15, 0.2) is 60.7 Å². The summed E-state index contributed by atoms with van der Waals surface area (Å²) in [6.45, 7) is 10.2. The molecular formula is C25H27ClO2. The summed E-state index contributed by atoms with van der Waals surface area (Å²) in [6.07, 6.45) is 2.11. The molecule has 0 aliphatic heterocycles. The highest BCUT2D eigenvalue weighted by Gasteiger charge is 2.12. The summed E-state index contributed by atoms with van der Waals surface area (Å²) in [5.41, 5.74) is 1.78. The maximum absolute atomic E-state index is 6.58. The van der Waals surface area contributed by atoms with Crippen molar-refractivity contribution >= 4 is 33.5 Å². The normalized spacial score (nSPS) is 12.5. The number of rotatable bonds is 5. The number of benzene rings is 3. The standard InChI is InChI=1S/C25H27ClO2/c1-17(2)27-22-8-6-7-21(16-22)24(26)14-18-9-10-20-15-23(28-25(3,4)5)12-11-19(20)13-18/h6-17H,1-5H3/b24-14-. The van der Waals surface area contributed by atoms with Gasteiger partial charge in [-0.1, -0.05) is 41.9 Å². The molecule has 0 radical (unpaired) electrons. The highest BCUT2D eigenvalue weighted by atomic mass is 35.5. The Hall–Kier alpha value is -2.45. The van der Waals surface area contributed by atoms with Gasteiger partial charge in [-0.05, 0) is 92.9 Å². The molecule has 146 valence electrons. The molecule has 0 saturated heterocycles. The molecule has 0 unspecified atom stereocenters. The Bertz CT molecular complexity index is 997. The second kappa shape index (κ2) is 8.28. The van der Waals surface area contributed by atoms with E-state index < -0.39 is 0 Å². The zero-order chi connectivity index (χ0) is 20.3. The average Bonchev–Trinajstić information content (AvgIpc) is 2.60. The first-order valence-electron chi connectivity index (χ1n) is 9.57. The lowest BCUT2D eigenvalue weighted by Gasteiger charge is -2.21. The summed E-state index contributed by atoms with van der Waals surface area (Å²) in [5.74, 6) is 1.70. The minimum atomic E-state index is -0.211. The van der Waals surface area contributed by atoms with Crippen molar-refractivity contribution in [2.45, 2.75) is 46.3 Å². The van der Waals surface area contributed by atoms with E-state index in [1.807, 2.05) is 71.0 Å². The predicted molar refractivity (Wildman–Crippen MR) is 120 cm³/mol. The van der Waals surface area contributed by atoms with Crippen LogP contribution in [-0.4, -0.2) is 11.7 Å². The van der Waals surface area contributed by atoms with Crippen LogP contribution < -0.4 is 9.47 Å². The molecular weight excluding hydrogens is 368 g/mol. The Morgan fingerprint density at radius 3 is 2.32 bits per heavy atom. The molecule has 3 rings (SSSR count). The molecule has 0 saturated carbocycles. The van der Waals surface area contributed by atoms with Gasteiger partial charge in [0.15, 0.2) is 0 Å².